The van der Waals surface area contributed by atoms with E-state index in [1.807, 2.05) is 4.90 Å². The molecule has 1 aliphatic carbocycles. The Bertz CT molecular complexity index is 619. The zero-order valence-corrected chi connectivity index (χ0v) is 13.3. The second-order valence-corrected chi connectivity index (χ2v) is 7.84. The molecule has 0 atom stereocenters. The number of hydrogen-bond donors (Lipinski definition) is 0. The van der Waals surface area contributed by atoms with Gasteiger partial charge in [0.05, 0.1) is 0 Å². The Morgan fingerprint density at radius 1 is 1.14 bits per heavy atom. The van der Waals surface area contributed by atoms with Crippen LogP contribution in [0.1, 0.15) is 25.7 Å². The second-order valence-electron chi connectivity index (χ2n) is 5.90. The number of amides is 1. The molecule has 0 bridgehead atoms. The number of nitrogens with zero attached hydrogens (tertiary/aromatic N) is 3. The molecule has 120 valence electrons. The van der Waals surface area contributed by atoms with Crippen LogP contribution >= 0.6 is 0 Å². The van der Waals surface area contributed by atoms with Gasteiger partial charge in [0.15, 0.2) is 0 Å². The summed E-state index contributed by atoms with van der Waals surface area (Å²) in [5.41, 5.74) is 0. The average molecular weight is 323 g/mol. The fraction of sp³-hybridized carbons (Fsp3) is 0.600. The average Bonchev–Trinajstić information content (AvgIpc) is 3.09. The van der Waals surface area contributed by atoms with Gasteiger partial charge in [-0.05, 0) is 25.0 Å². The first-order valence-corrected chi connectivity index (χ1v) is 9.22. The monoisotopic (exact) mass is 323 g/mol. The summed E-state index contributed by atoms with van der Waals surface area (Å²) in [5, 5.41) is 0. The largest absolute Gasteiger partial charge is 0.340 e. The minimum Gasteiger partial charge on any atom is -0.340 e. The minimum atomic E-state index is -3.50. The Morgan fingerprint density at radius 3 is 2.41 bits per heavy atom. The van der Waals surface area contributed by atoms with E-state index >= 15 is 0 Å². The molecule has 0 spiro atoms. The summed E-state index contributed by atoms with van der Waals surface area (Å²) >= 11 is 0. The molecule has 2 fully saturated rings. The van der Waals surface area contributed by atoms with Crippen LogP contribution in [0.3, 0.4) is 0 Å². The van der Waals surface area contributed by atoms with E-state index in [0.29, 0.717) is 26.2 Å². The third kappa shape index (κ3) is 3.01. The molecule has 0 N–H and O–H groups in total. The number of aromatic nitrogens is 1. The van der Waals surface area contributed by atoms with Crippen LogP contribution in [0.4, 0.5) is 0 Å². The van der Waals surface area contributed by atoms with Gasteiger partial charge in [0.25, 0.3) is 0 Å². The van der Waals surface area contributed by atoms with E-state index in [1.54, 1.807) is 18.3 Å². The first kappa shape index (κ1) is 15.4. The maximum atomic E-state index is 12.5. The van der Waals surface area contributed by atoms with Gasteiger partial charge in [-0.25, -0.2) is 8.42 Å². The predicted molar refractivity (Wildman–Crippen MR) is 81.5 cm³/mol. The zero-order chi connectivity index (χ0) is 15.6. The summed E-state index contributed by atoms with van der Waals surface area (Å²) in [6.45, 7) is 1.68. The lowest BCUT2D eigenvalue weighted by Crippen LogP contribution is -2.51. The molecule has 7 heteroatoms. The van der Waals surface area contributed by atoms with Crippen molar-refractivity contribution in [3.05, 3.63) is 24.5 Å². The highest BCUT2D eigenvalue weighted by atomic mass is 32.2. The fourth-order valence-corrected chi connectivity index (χ4v) is 4.62. The van der Waals surface area contributed by atoms with E-state index in [0.717, 1.165) is 25.7 Å². The van der Waals surface area contributed by atoms with Gasteiger partial charge in [-0.2, -0.15) is 4.31 Å². The Morgan fingerprint density at radius 2 is 1.82 bits per heavy atom. The lowest BCUT2D eigenvalue weighted by Gasteiger charge is -2.35. The van der Waals surface area contributed by atoms with Crippen molar-refractivity contribution in [2.24, 2.45) is 5.92 Å². The molecule has 0 radical (unpaired) electrons. The Hall–Kier alpha value is -1.47. The van der Waals surface area contributed by atoms with E-state index in [-0.39, 0.29) is 16.7 Å². The molecule has 2 heterocycles. The van der Waals surface area contributed by atoms with E-state index in [4.69, 9.17) is 0 Å². The summed E-state index contributed by atoms with van der Waals surface area (Å²) in [6, 6.07) is 3.17. The van der Waals surface area contributed by atoms with Crippen LogP contribution in [-0.4, -0.2) is 54.7 Å². The molecule has 0 aromatic carbocycles. The number of pyridine rings is 1. The molecule has 1 saturated heterocycles. The molecule has 1 aliphatic heterocycles. The Balaban J connectivity index is 1.63. The van der Waals surface area contributed by atoms with Crippen molar-refractivity contribution in [3.63, 3.8) is 0 Å². The number of rotatable bonds is 3. The molecule has 3 rings (SSSR count). The van der Waals surface area contributed by atoms with Gasteiger partial charge >= 0.3 is 0 Å². The summed E-state index contributed by atoms with van der Waals surface area (Å²) in [7, 11) is -3.50. The van der Waals surface area contributed by atoms with Crippen molar-refractivity contribution in [3.8, 4) is 0 Å². The number of carbonyl (C=O) groups excluding carboxylic acids is 1. The van der Waals surface area contributed by atoms with Crippen LogP contribution < -0.4 is 0 Å². The van der Waals surface area contributed by atoms with Gasteiger partial charge in [-0.1, -0.05) is 12.8 Å². The summed E-state index contributed by atoms with van der Waals surface area (Å²) in [4.78, 5) is 18.3. The second kappa shape index (κ2) is 6.34. The van der Waals surface area contributed by atoms with Crippen molar-refractivity contribution in [1.29, 1.82) is 0 Å². The molecular formula is C15H21N3O3S. The molecule has 1 aromatic heterocycles. The molecule has 6 nitrogen and oxygen atoms in total. The van der Waals surface area contributed by atoms with E-state index in [2.05, 4.69) is 4.98 Å². The smallest absolute Gasteiger partial charge is 0.244 e. The van der Waals surface area contributed by atoms with E-state index < -0.39 is 10.0 Å². The minimum absolute atomic E-state index is 0.154. The molecule has 1 saturated carbocycles. The SMILES string of the molecule is O=C(C1CCCC1)N1CCN(S(=O)(=O)c2cccnc2)CC1. The number of piperazine rings is 1. The topological polar surface area (TPSA) is 70.6 Å². The molecule has 1 amide bonds. The molecular weight excluding hydrogens is 302 g/mol. The predicted octanol–water partition coefficient (Wildman–Crippen LogP) is 1.10. The van der Waals surface area contributed by atoms with Crippen molar-refractivity contribution in [2.75, 3.05) is 26.2 Å². The maximum absolute atomic E-state index is 12.5. The molecule has 22 heavy (non-hydrogen) atoms. The molecule has 0 unspecified atom stereocenters. The van der Waals surface area contributed by atoms with E-state index in [1.165, 1.54) is 10.5 Å². The Kier molecular flexibility index (Phi) is 4.44. The van der Waals surface area contributed by atoms with Crippen LogP contribution in [-0.2, 0) is 14.8 Å². The first-order chi connectivity index (χ1) is 10.6. The van der Waals surface area contributed by atoms with Crippen LogP contribution in [0.25, 0.3) is 0 Å². The molecule has 1 aromatic rings. The molecule has 2 aliphatic rings. The van der Waals surface area contributed by atoms with Gasteiger partial charge in [-0.3, -0.25) is 9.78 Å². The van der Waals surface area contributed by atoms with Crippen molar-refractivity contribution in [2.45, 2.75) is 30.6 Å². The lowest BCUT2D eigenvalue weighted by atomic mass is 10.1. The third-order valence-corrected chi connectivity index (χ3v) is 6.41. The van der Waals surface area contributed by atoms with Crippen molar-refractivity contribution < 1.29 is 13.2 Å². The number of sulfonamides is 1. The summed E-state index contributed by atoms with van der Waals surface area (Å²) in [5.74, 6) is 0.359. The lowest BCUT2D eigenvalue weighted by molar-refractivity contribution is -0.136. The fourth-order valence-electron chi connectivity index (χ4n) is 3.23. The van der Waals surface area contributed by atoms with Gasteiger partial charge in [0, 0.05) is 44.5 Å². The number of carbonyl (C=O) groups is 1. The van der Waals surface area contributed by atoms with Crippen molar-refractivity contribution in [1.82, 2.24) is 14.2 Å². The summed E-state index contributed by atoms with van der Waals surface area (Å²) < 4.78 is 26.5. The van der Waals surface area contributed by atoms with Gasteiger partial charge in [0.2, 0.25) is 15.9 Å². The van der Waals surface area contributed by atoms with Gasteiger partial charge in [0.1, 0.15) is 4.90 Å². The summed E-state index contributed by atoms with van der Waals surface area (Å²) in [6.07, 6.45) is 7.14. The van der Waals surface area contributed by atoms with E-state index in [9.17, 15) is 13.2 Å². The van der Waals surface area contributed by atoms with Crippen LogP contribution in [0.15, 0.2) is 29.4 Å². The highest BCUT2D eigenvalue weighted by Gasteiger charge is 2.33. The van der Waals surface area contributed by atoms with Crippen LogP contribution in [0.5, 0.6) is 0 Å². The highest BCUT2D eigenvalue weighted by Crippen LogP contribution is 2.27. The Labute approximate surface area is 131 Å². The third-order valence-electron chi connectivity index (χ3n) is 4.53. The number of hydrogen-bond acceptors (Lipinski definition) is 4. The van der Waals surface area contributed by atoms with Crippen molar-refractivity contribution >= 4 is 15.9 Å². The highest BCUT2D eigenvalue weighted by molar-refractivity contribution is 7.89. The standard InChI is InChI=1S/C15H21N3O3S/c19-15(13-4-1-2-5-13)17-8-10-18(11-9-17)22(20,21)14-6-3-7-16-12-14/h3,6-7,12-13H,1-2,4-5,8-11H2. The van der Waals surface area contributed by atoms with Gasteiger partial charge in [-0.15, -0.1) is 0 Å². The van der Waals surface area contributed by atoms with Crippen LogP contribution in [0, 0.1) is 5.92 Å². The first-order valence-electron chi connectivity index (χ1n) is 7.78. The maximum Gasteiger partial charge on any atom is 0.244 e. The quantitative estimate of drug-likeness (QED) is 0.835. The van der Waals surface area contributed by atoms with Crippen LogP contribution in [0.2, 0.25) is 0 Å². The van der Waals surface area contributed by atoms with Gasteiger partial charge < -0.3 is 4.90 Å². The normalized spacial score (nSPS) is 21.2. The zero-order valence-electron chi connectivity index (χ0n) is 12.5.